The summed E-state index contributed by atoms with van der Waals surface area (Å²) < 4.78 is 45.2. The molecule has 0 aliphatic rings. The summed E-state index contributed by atoms with van der Waals surface area (Å²) >= 11 is 5.81. The molecule has 0 spiro atoms. The van der Waals surface area contributed by atoms with E-state index in [9.17, 15) is 18.3 Å². The molecule has 2 aromatic carbocycles. The molecule has 0 bridgehead atoms. The van der Waals surface area contributed by atoms with Gasteiger partial charge in [0.05, 0.1) is 18.8 Å². The molecule has 0 fully saturated rings. The maximum atomic E-state index is 14.7. The second-order valence-corrected chi connectivity index (χ2v) is 7.59. The summed E-state index contributed by atoms with van der Waals surface area (Å²) in [6.45, 7) is 1.44. The van der Waals surface area contributed by atoms with Gasteiger partial charge >= 0.3 is 0 Å². The zero-order valence-electron chi connectivity index (χ0n) is 16.3. The number of hydrogen-bond donors (Lipinski definition) is 1. The average molecular weight is 448 g/mol. The van der Waals surface area contributed by atoms with Gasteiger partial charge in [0.25, 0.3) is 0 Å². The molecule has 0 saturated heterocycles. The molecule has 6 nitrogen and oxygen atoms in total. The second kappa shape index (κ2) is 8.16. The van der Waals surface area contributed by atoms with Crippen LogP contribution in [0, 0.1) is 17.5 Å². The molecule has 160 valence electrons. The molecule has 0 unspecified atom stereocenters. The monoisotopic (exact) mass is 447 g/mol. The summed E-state index contributed by atoms with van der Waals surface area (Å²) in [6.07, 6.45) is 5.61. The molecule has 0 radical (unpaired) electrons. The molecule has 31 heavy (non-hydrogen) atoms. The van der Waals surface area contributed by atoms with Crippen LogP contribution >= 0.6 is 11.6 Å². The predicted octanol–water partition coefficient (Wildman–Crippen LogP) is 4.36. The van der Waals surface area contributed by atoms with Crippen LogP contribution in [0.2, 0.25) is 5.02 Å². The molecule has 0 amide bonds. The summed E-state index contributed by atoms with van der Waals surface area (Å²) in [5.41, 5.74) is -1.29. The van der Waals surface area contributed by atoms with Crippen molar-refractivity contribution in [2.45, 2.75) is 25.1 Å². The van der Waals surface area contributed by atoms with Crippen molar-refractivity contribution in [3.8, 4) is 11.1 Å². The van der Waals surface area contributed by atoms with E-state index < -0.39 is 29.1 Å². The van der Waals surface area contributed by atoms with E-state index >= 15 is 0 Å². The number of benzene rings is 2. The van der Waals surface area contributed by atoms with Crippen LogP contribution in [-0.2, 0) is 12.1 Å². The molecular weight excluding hydrogens is 431 g/mol. The molecule has 0 aliphatic heterocycles. The Morgan fingerprint density at radius 3 is 2.58 bits per heavy atom. The SMILES string of the molecule is C[C@@H](n1cc(-c2ccc(Cl)cc2F)cn1)[C@](O)(Cn1cncn1)c1ccc(F)cc1F. The molecule has 2 atom stereocenters. The molecule has 1 N–H and O–H groups in total. The highest BCUT2D eigenvalue weighted by molar-refractivity contribution is 6.30. The summed E-state index contributed by atoms with van der Waals surface area (Å²) in [7, 11) is 0. The Kier molecular flexibility index (Phi) is 5.55. The topological polar surface area (TPSA) is 68.8 Å². The highest BCUT2D eigenvalue weighted by Crippen LogP contribution is 2.37. The van der Waals surface area contributed by atoms with Gasteiger partial charge in [-0.3, -0.25) is 4.68 Å². The van der Waals surface area contributed by atoms with E-state index in [4.69, 9.17) is 11.6 Å². The fourth-order valence-corrected chi connectivity index (χ4v) is 3.63. The third-order valence-corrected chi connectivity index (χ3v) is 5.43. The summed E-state index contributed by atoms with van der Waals surface area (Å²) in [5, 5.41) is 20.1. The van der Waals surface area contributed by atoms with Crippen molar-refractivity contribution in [2.24, 2.45) is 0 Å². The van der Waals surface area contributed by atoms with E-state index in [0.29, 0.717) is 11.6 Å². The first-order valence-electron chi connectivity index (χ1n) is 9.28. The van der Waals surface area contributed by atoms with Gasteiger partial charge in [-0.15, -0.1) is 0 Å². The van der Waals surface area contributed by atoms with E-state index in [2.05, 4.69) is 15.2 Å². The van der Waals surface area contributed by atoms with Crippen LogP contribution in [0.3, 0.4) is 0 Å². The summed E-state index contributed by atoms with van der Waals surface area (Å²) in [5.74, 6) is -2.20. The van der Waals surface area contributed by atoms with E-state index in [1.165, 1.54) is 52.6 Å². The molecule has 2 aromatic heterocycles. The minimum atomic E-state index is -1.88. The largest absolute Gasteiger partial charge is 0.381 e. The zero-order valence-corrected chi connectivity index (χ0v) is 17.0. The molecule has 4 aromatic rings. The fourth-order valence-electron chi connectivity index (χ4n) is 3.48. The van der Waals surface area contributed by atoms with E-state index in [1.807, 2.05) is 0 Å². The van der Waals surface area contributed by atoms with E-state index in [-0.39, 0.29) is 22.7 Å². The first-order valence-corrected chi connectivity index (χ1v) is 9.65. The van der Waals surface area contributed by atoms with E-state index in [0.717, 1.165) is 6.07 Å². The van der Waals surface area contributed by atoms with Gasteiger partial charge in [-0.1, -0.05) is 17.7 Å². The molecule has 0 aliphatic carbocycles. The Hall–Kier alpha value is -3.17. The molecule has 0 saturated carbocycles. The molecule has 10 heteroatoms. The Balaban J connectivity index is 1.76. The minimum absolute atomic E-state index is 0.133. The lowest BCUT2D eigenvalue weighted by Crippen LogP contribution is -2.40. The maximum absolute atomic E-state index is 14.7. The van der Waals surface area contributed by atoms with Crippen molar-refractivity contribution in [3.63, 3.8) is 0 Å². The van der Waals surface area contributed by atoms with Gasteiger partial charge in [-0.2, -0.15) is 10.2 Å². The average Bonchev–Trinajstić information content (AvgIpc) is 3.39. The maximum Gasteiger partial charge on any atom is 0.137 e. The Morgan fingerprint density at radius 1 is 1.10 bits per heavy atom. The van der Waals surface area contributed by atoms with Gasteiger partial charge in [0.2, 0.25) is 0 Å². The quantitative estimate of drug-likeness (QED) is 0.477. The van der Waals surface area contributed by atoms with Crippen LogP contribution in [0.25, 0.3) is 11.1 Å². The highest BCUT2D eigenvalue weighted by atomic mass is 35.5. The third-order valence-electron chi connectivity index (χ3n) is 5.20. The fraction of sp³-hybridized carbons (Fsp3) is 0.190. The predicted molar refractivity (Wildman–Crippen MR) is 108 cm³/mol. The lowest BCUT2D eigenvalue weighted by Gasteiger charge is -2.34. The van der Waals surface area contributed by atoms with Crippen LogP contribution < -0.4 is 0 Å². The Morgan fingerprint density at radius 2 is 1.90 bits per heavy atom. The van der Waals surface area contributed by atoms with Crippen molar-refractivity contribution in [3.05, 3.63) is 89.5 Å². The van der Waals surface area contributed by atoms with Crippen LogP contribution in [0.1, 0.15) is 18.5 Å². The number of halogens is 4. The smallest absolute Gasteiger partial charge is 0.137 e. The number of hydrogen-bond acceptors (Lipinski definition) is 4. The summed E-state index contributed by atoms with van der Waals surface area (Å²) in [6, 6.07) is 6.36. The molecular formula is C21H17ClF3N5O. The lowest BCUT2D eigenvalue weighted by molar-refractivity contribution is -0.0368. The van der Waals surface area contributed by atoms with Gasteiger partial charge in [0.1, 0.15) is 35.7 Å². The standard InChI is InChI=1S/C21H17ClF3N5O/c1-13(30-9-14(8-27-30)17-4-2-15(22)6-19(17)24)21(31,10-29-12-26-11-28-29)18-5-3-16(23)7-20(18)25/h2-9,11-13,31H,10H2,1H3/t13-,21-/m1/s1. The van der Waals surface area contributed by atoms with Crippen molar-refractivity contribution in [1.29, 1.82) is 0 Å². The van der Waals surface area contributed by atoms with Crippen molar-refractivity contribution in [2.75, 3.05) is 0 Å². The Bertz CT molecular complexity index is 1210. The van der Waals surface area contributed by atoms with Crippen LogP contribution in [-0.4, -0.2) is 29.7 Å². The minimum Gasteiger partial charge on any atom is -0.381 e. The van der Waals surface area contributed by atoms with Gasteiger partial charge in [0, 0.05) is 34.0 Å². The van der Waals surface area contributed by atoms with Crippen molar-refractivity contribution in [1.82, 2.24) is 24.5 Å². The molecule has 4 rings (SSSR count). The first-order chi connectivity index (χ1) is 14.8. The Labute approximate surface area is 180 Å². The summed E-state index contributed by atoms with van der Waals surface area (Å²) in [4.78, 5) is 3.84. The first kappa shape index (κ1) is 21.1. The van der Waals surface area contributed by atoms with Crippen molar-refractivity contribution >= 4 is 11.6 Å². The number of rotatable bonds is 6. The van der Waals surface area contributed by atoms with Crippen LogP contribution in [0.4, 0.5) is 13.2 Å². The zero-order chi connectivity index (χ0) is 22.2. The van der Waals surface area contributed by atoms with Gasteiger partial charge in [0.15, 0.2) is 0 Å². The highest BCUT2D eigenvalue weighted by Gasteiger charge is 2.40. The molecule has 2 heterocycles. The van der Waals surface area contributed by atoms with Crippen LogP contribution in [0.5, 0.6) is 0 Å². The van der Waals surface area contributed by atoms with E-state index in [1.54, 1.807) is 13.0 Å². The van der Waals surface area contributed by atoms with Gasteiger partial charge in [-0.05, 0) is 31.2 Å². The second-order valence-electron chi connectivity index (χ2n) is 7.15. The van der Waals surface area contributed by atoms with Gasteiger partial charge < -0.3 is 5.11 Å². The number of nitrogens with zero attached hydrogens (tertiary/aromatic N) is 5. The number of aromatic nitrogens is 5. The number of aliphatic hydroxyl groups is 1. The van der Waals surface area contributed by atoms with Gasteiger partial charge in [-0.25, -0.2) is 22.8 Å². The van der Waals surface area contributed by atoms with Crippen molar-refractivity contribution < 1.29 is 18.3 Å². The normalized spacial score (nSPS) is 14.4. The van der Waals surface area contributed by atoms with Crippen LogP contribution in [0.15, 0.2) is 61.4 Å². The third kappa shape index (κ3) is 4.06. The lowest BCUT2D eigenvalue weighted by atomic mass is 9.86.